The van der Waals surface area contributed by atoms with Gasteiger partial charge in [-0.2, -0.15) is 8.42 Å². The number of unbranched alkanes of at least 4 members (excludes halogenated alkanes) is 38. The van der Waals surface area contributed by atoms with Crippen LogP contribution in [0.2, 0.25) is 0 Å². The van der Waals surface area contributed by atoms with E-state index in [4.69, 9.17) is 0 Å². The summed E-state index contributed by atoms with van der Waals surface area (Å²) in [6.45, 7) is 4.53. The number of hydrogen-bond acceptors (Lipinski definition) is 6. The van der Waals surface area contributed by atoms with Crippen LogP contribution in [0, 0.1) is 5.92 Å². The van der Waals surface area contributed by atoms with Gasteiger partial charge in [-0.1, -0.05) is 271 Å². The zero-order valence-corrected chi connectivity index (χ0v) is 46.9. The van der Waals surface area contributed by atoms with Gasteiger partial charge in [-0.25, -0.2) is 0 Å². The van der Waals surface area contributed by atoms with E-state index in [1.807, 2.05) is 0 Å². The molecule has 2 unspecified atom stereocenters. The van der Waals surface area contributed by atoms with Crippen molar-refractivity contribution in [1.82, 2.24) is 0 Å². The van der Waals surface area contributed by atoms with Gasteiger partial charge in [0.25, 0.3) is 10.1 Å². The van der Waals surface area contributed by atoms with Crippen LogP contribution in [0.25, 0.3) is 0 Å². The van der Waals surface area contributed by atoms with Gasteiger partial charge in [0.05, 0.1) is 5.97 Å². The quantitative estimate of drug-likeness (QED) is 0.0379. The molecule has 59 heavy (non-hydrogen) atoms. The van der Waals surface area contributed by atoms with Crippen molar-refractivity contribution in [3.63, 3.8) is 0 Å². The standard InChI is InChI=1S/C49H96O7S.2K/c1-3-5-7-9-11-13-15-17-19-21-23-25-27-29-31-33-35-37-39-41-43-46(45-47(50)51)49(48(52)53,57(54,55)56)44-42-40-38-36-34-32-30-28-26-24-22-20-18-16-14-12-10-8-6-4-2;;/h46H,3-45H2,1-2H3,(H,50,51)(H,52,53)(H,54,55,56);;/q;2*+1/p-2. The molecule has 0 radical (unpaired) electrons. The monoisotopic (exact) mass is 905 g/mol. The molecule has 0 amide bonds. The van der Waals surface area contributed by atoms with Gasteiger partial charge in [0.2, 0.25) is 0 Å². The Labute approximate surface area is 452 Å². The molecule has 0 aromatic rings. The van der Waals surface area contributed by atoms with Crippen LogP contribution in [-0.2, 0) is 19.7 Å². The van der Waals surface area contributed by atoms with Crippen molar-refractivity contribution in [2.45, 2.75) is 295 Å². The van der Waals surface area contributed by atoms with Gasteiger partial charge in [-0.15, -0.1) is 0 Å². The largest absolute Gasteiger partial charge is 1.00 e. The molecule has 0 spiro atoms. The Hall–Kier alpha value is 2.12. The molecule has 0 rings (SSSR count). The van der Waals surface area contributed by atoms with Crippen molar-refractivity contribution in [2.24, 2.45) is 5.92 Å². The molecule has 0 aliphatic carbocycles. The minimum absolute atomic E-state index is 0. The molecular formula is C49H94K2O7S. The van der Waals surface area contributed by atoms with Crippen LogP contribution >= 0.6 is 0 Å². The second-order valence-electron chi connectivity index (χ2n) is 17.9. The average Bonchev–Trinajstić information content (AvgIpc) is 3.16. The van der Waals surface area contributed by atoms with Crippen molar-refractivity contribution in [1.29, 1.82) is 0 Å². The zero-order valence-electron chi connectivity index (χ0n) is 39.8. The Bertz CT molecular complexity index is 1010. The van der Waals surface area contributed by atoms with E-state index in [1.165, 1.54) is 193 Å². The van der Waals surface area contributed by atoms with Crippen molar-refractivity contribution >= 4 is 22.1 Å². The van der Waals surface area contributed by atoms with Crippen LogP contribution < -0.4 is 113 Å². The van der Waals surface area contributed by atoms with Crippen LogP contribution in [-0.4, -0.2) is 29.7 Å². The number of hydrogen-bond donors (Lipinski definition) is 1. The molecule has 0 aromatic carbocycles. The molecular weight excluding hydrogens is 811 g/mol. The third-order valence-corrected chi connectivity index (χ3v) is 14.3. The molecule has 10 heteroatoms. The predicted octanol–water partition coefficient (Wildman–Crippen LogP) is 7.55. The second kappa shape index (κ2) is 48.1. The first-order valence-electron chi connectivity index (χ1n) is 25.0. The first-order valence-corrected chi connectivity index (χ1v) is 26.5. The van der Waals surface area contributed by atoms with E-state index in [0.29, 0.717) is 12.8 Å². The smallest absolute Gasteiger partial charge is 0.550 e. The summed E-state index contributed by atoms with van der Waals surface area (Å²) in [4.78, 5) is 24.1. The minimum atomic E-state index is -5.12. The topological polar surface area (TPSA) is 135 Å². The summed E-state index contributed by atoms with van der Waals surface area (Å²) in [6, 6.07) is 0. The Morgan fingerprint density at radius 2 is 0.644 bits per heavy atom. The predicted molar refractivity (Wildman–Crippen MR) is 238 cm³/mol. The summed E-state index contributed by atoms with van der Waals surface area (Å²) in [6.07, 6.45) is 47.4. The summed E-state index contributed by atoms with van der Waals surface area (Å²) in [5.74, 6) is -4.70. The van der Waals surface area contributed by atoms with Crippen molar-refractivity contribution < 1.29 is 136 Å². The summed E-state index contributed by atoms with van der Waals surface area (Å²) in [5, 5.41) is 24.1. The molecule has 0 fully saturated rings. The number of carboxylic acid groups (broad SMARTS) is 2. The van der Waals surface area contributed by atoms with Crippen LogP contribution in [0.1, 0.15) is 290 Å². The molecule has 0 aliphatic heterocycles. The summed E-state index contributed by atoms with van der Waals surface area (Å²) in [7, 11) is -5.12. The van der Waals surface area contributed by atoms with Gasteiger partial charge >= 0.3 is 103 Å². The van der Waals surface area contributed by atoms with E-state index in [9.17, 15) is 32.8 Å². The van der Waals surface area contributed by atoms with Crippen LogP contribution in [0.5, 0.6) is 0 Å². The van der Waals surface area contributed by atoms with Crippen molar-refractivity contribution in [3.05, 3.63) is 0 Å². The van der Waals surface area contributed by atoms with Crippen molar-refractivity contribution in [3.8, 4) is 0 Å². The van der Waals surface area contributed by atoms with Crippen molar-refractivity contribution in [2.75, 3.05) is 0 Å². The number of rotatable bonds is 47. The fraction of sp³-hybridized carbons (Fsp3) is 0.959. The SMILES string of the molecule is CCCCCCCCCCCCCCCCCCCCCCC(CC(=O)[O-])C(CCCCCCCCCCCCCCCCCCCCCC)(C(=O)[O-])S(=O)(=O)O.[K+].[K+]. The Kier molecular flexibility index (Phi) is 53.3. The van der Waals surface area contributed by atoms with E-state index >= 15 is 0 Å². The maximum atomic E-state index is 12.7. The fourth-order valence-corrected chi connectivity index (χ4v) is 10.1. The van der Waals surface area contributed by atoms with Crippen LogP contribution in [0.15, 0.2) is 0 Å². The maximum Gasteiger partial charge on any atom is 1.00 e. The molecule has 0 aromatic heterocycles. The summed E-state index contributed by atoms with van der Waals surface area (Å²) < 4.78 is 33.0. The van der Waals surface area contributed by atoms with Gasteiger partial charge in [0, 0.05) is 5.97 Å². The summed E-state index contributed by atoms with van der Waals surface area (Å²) in [5.41, 5.74) is 0. The minimum Gasteiger partial charge on any atom is -0.550 e. The van der Waals surface area contributed by atoms with Gasteiger partial charge in [-0.05, 0) is 25.2 Å². The maximum absolute atomic E-state index is 12.7. The number of carbonyl (C=O) groups excluding carboxylic acids is 2. The molecule has 340 valence electrons. The molecule has 0 bridgehead atoms. The second-order valence-corrected chi connectivity index (χ2v) is 19.6. The molecule has 0 aliphatic rings. The molecule has 2 atom stereocenters. The van der Waals surface area contributed by atoms with Gasteiger partial charge in [-0.3, -0.25) is 4.55 Å². The van der Waals surface area contributed by atoms with E-state index in [0.717, 1.165) is 44.9 Å². The van der Waals surface area contributed by atoms with E-state index in [-0.39, 0.29) is 122 Å². The fourth-order valence-electron chi connectivity index (χ4n) is 8.91. The Balaban J connectivity index is -0.0000157. The number of aliphatic carboxylic acids is 2. The molecule has 0 saturated heterocycles. The number of carboxylic acids is 2. The molecule has 7 nitrogen and oxygen atoms in total. The molecule has 1 N–H and O–H groups in total. The third-order valence-electron chi connectivity index (χ3n) is 12.7. The average molecular weight is 906 g/mol. The van der Waals surface area contributed by atoms with E-state index in [1.54, 1.807) is 0 Å². The van der Waals surface area contributed by atoms with E-state index in [2.05, 4.69) is 13.8 Å². The van der Waals surface area contributed by atoms with Gasteiger partial charge in [0.15, 0.2) is 0 Å². The Morgan fingerprint density at radius 3 is 0.847 bits per heavy atom. The van der Waals surface area contributed by atoms with Crippen LogP contribution in [0.3, 0.4) is 0 Å². The third kappa shape index (κ3) is 39.0. The van der Waals surface area contributed by atoms with Gasteiger partial charge in [0.1, 0.15) is 4.75 Å². The first-order chi connectivity index (χ1) is 27.6. The zero-order chi connectivity index (χ0) is 42.1. The van der Waals surface area contributed by atoms with Gasteiger partial charge < -0.3 is 19.8 Å². The van der Waals surface area contributed by atoms with E-state index < -0.39 is 39.1 Å². The summed E-state index contributed by atoms with van der Waals surface area (Å²) >= 11 is 0. The number of carbonyl (C=O) groups is 2. The first kappa shape index (κ1) is 65.4. The molecule has 0 heterocycles. The molecule has 0 saturated carbocycles. The van der Waals surface area contributed by atoms with Crippen LogP contribution in [0.4, 0.5) is 0 Å². The normalized spacial score (nSPS) is 13.1. The Morgan fingerprint density at radius 1 is 0.424 bits per heavy atom.